The highest BCUT2D eigenvalue weighted by Gasteiger charge is 2.24. The van der Waals surface area contributed by atoms with Gasteiger partial charge in [-0.05, 0) is 65.4 Å². The molecule has 0 bridgehead atoms. The van der Waals surface area contributed by atoms with Gasteiger partial charge in [-0.25, -0.2) is 9.97 Å². The minimum absolute atomic E-state index is 0.332. The fourth-order valence-corrected chi connectivity index (χ4v) is 7.16. The highest BCUT2D eigenvalue weighted by molar-refractivity contribution is 6.11. The van der Waals surface area contributed by atoms with Crippen molar-refractivity contribution in [1.29, 1.82) is 0 Å². The standard InChI is InChI=1S/C42H33N3O2/c1-24(2)26-13-9-14-27(25(3)4)38(26)45-36-20-7-6-19-35(36)43-41(45)33-18-11-16-30-31-22-23-34(44-42(31)47-40(30)33)32-17-10-15-29-28-12-5-8-21-37(28)46-39(29)32/h5-25H,1-4H3. The summed E-state index contributed by atoms with van der Waals surface area (Å²) in [5.74, 6) is 1.52. The second-order valence-electron chi connectivity index (χ2n) is 13.0. The lowest BCUT2D eigenvalue weighted by Gasteiger charge is -2.22. The molecule has 0 radical (unpaired) electrons. The van der Waals surface area contributed by atoms with Crippen molar-refractivity contribution < 1.29 is 8.83 Å². The first-order valence-corrected chi connectivity index (χ1v) is 16.3. The Labute approximate surface area is 272 Å². The van der Waals surface area contributed by atoms with Gasteiger partial charge >= 0.3 is 0 Å². The van der Waals surface area contributed by atoms with Crippen molar-refractivity contribution in [1.82, 2.24) is 14.5 Å². The zero-order valence-electron chi connectivity index (χ0n) is 26.8. The molecule has 0 aliphatic carbocycles. The quantitative estimate of drug-likeness (QED) is 0.194. The van der Waals surface area contributed by atoms with Crippen LogP contribution in [0, 0.1) is 0 Å². The topological polar surface area (TPSA) is 57.0 Å². The summed E-state index contributed by atoms with van der Waals surface area (Å²) in [4.78, 5) is 10.4. The molecule has 9 rings (SSSR count). The Balaban J connectivity index is 1.29. The molecule has 0 aliphatic rings. The summed E-state index contributed by atoms with van der Waals surface area (Å²) in [7, 11) is 0. The predicted molar refractivity (Wildman–Crippen MR) is 192 cm³/mol. The van der Waals surface area contributed by atoms with E-state index in [1.54, 1.807) is 0 Å². The van der Waals surface area contributed by atoms with Gasteiger partial charge in [0.1, 0.15) is 22.6 Å². The Kier molecular flexibility index (Phi) is 6.13. The number of hydrogen-bond acceptors (Lipinski definition) is 4. The van der Waals surface area contributed by atoms with Gasteiger partial charge < -0.3 is 8.83 Å². The lowest BCUT2D eigenvalue weighted by molar-refractivity contribution is 0.654. The van der Waals surface area contributed by atoms with Crippen molar-refractivity contribution in [3.8, 4) is 28.3 Å². The molecule has 0 atom stereocenters. The Morgan fingerprint density at radius 3 is 1.96 bits per heavy atom. The fourth-order valence-electron chi connectivity index (χ4n) is 7.16. The Morgan fingerprint density at radius 2 is 1.17 bits per heavy atom. The van der Waals surface area contributed by atoms with E-state index in [1.165, 1.54) is 16.8 Å². The molecule has 0 unspecified atom stereocenters. The minimum Gasteiger partial charge on any atom is -0.455 e. The third kappa shape index (κ3) is 4.16. The summed E-state index contributed by atoms with van der Waals surface area (Å²) in [5, 5.41) is 4.16. The maximum Gasteiger partial charge on any atom is 0.227 e. The zero-order chi connectivity index (χ0) is 31.8. The molecule has 0 N–H and O–H groups in total. The normalized spacial score (nSPS) is 12.2. The van der Waals surface area contributed by atoms with Crippen LogP contribution < -0.4 is 0 Å². The monoisotopic (exact) mass is 611 g/mol. The van der Waals surface area contributed by atoms with Gasteiger partial charge in [0, 0.05) is 27.1 Å². The maximum atomic E-state index is 6.72. The van der Waals surface area contributed by atoms with Crippen molar-refractivity contribution >= 4 is 55.0 Å². The zero-order valence-corrected chi connectivity index (χ0v) is 26.8. The van der Waals surface area contributed by atoms with Crippen LogP contribution in [-0.4, -0.2) is 14.5 Å². The maximum absolute atomic E-state index is 6.72. The molecule has 228 valence electrons. The molecule has 47 heavy (non-hydrogen) atoms. The first-order chi connectivity index (χ1) is 23.0. The van der Waals surface area contributed by atoms with E-state index >= 15 is 0 Å². The SMILES string of the molecule is CC(C)c1cccc(C(C)C)c1-n1c(-c2cccc3c2oc2nc(-c4cccc5c4oc4ccccc45)ccc23)nc2ccccc21. The van der Waals surface area contributed by atoms with E-state index in [9.17, 15) is 0 Å². The van der Waals surface area contributed by atoms with Gasteiger partial charge in [0.15, 0.2) is 0 Å². The molecule has 5 nitrogen and oxygen atoms in total. The Bertz CT molecular complexity index is 2630. The molecule has 0 spiro atoms. The molecule has 0 amide bonds. The van der Waals surface area contributed by atoms with E-state index in [0.29, 0.717) is 17.5 Å². The molecule has 4 aromatic heterocycles. The van der Waals surface area contributed by atoms with E-state index in [0.717, 1.165) is 72.0 Å². The lowest BCUT2D eigenvalue weighted by Crippen LogP contribution is -2.08. The smallest absolute Gasteiger partial charge is 0.227 e. The van der Waals surface area contributed by atoms with Crippen LogP contribution in [0.2, 0.25) is 0 Å². The van der Waals surface area contributed by atoms with E-state index < -0.39 is 0 Å². The van der Waals surface area contributed by atoms with Gasteiger partial charge in [-0.2, -0.15) is 0 Å². The number of nitrogens with zero attached hydrogens (tertiary/aromatic N) is 3. The summed E-state index contributed by atoms with van der Waals surface area (Å²) in [6, 6.07) is 40.0. The van der Waals surface area contributed by atoms with Crippen LogP contribution in [0.4, 0.5) is 0 Å². The number of rotatable bonds is 5. The minimum atomic E-state index is 0.332. The second-order valence-corrected chi connectivity index (χ2v) is 13.0. The van der Waals surface area contributed by atoms with Crippen LogP contribution >= 0.6 is 0 Å². The average Bonchev–Trinajstić information content (AvgIpc) is 3.78. The van der Waals surface area contributed by atoms with Gasteiger partial charge in [0.2, 0.25) is 5.71 Å². The van der Waals surface area contributed by atoms with E-state index in [4.69, 9.17) is 18.8 Å². The molecule has 0 aliphatic heterocycles. The molecular weight excluding hydrogens is 578 g/mol. The van der Waals surface area contributed by atoms with Crippen LogP contribution in [0.25, 0.3) is 83.4 Å². The number of pyridine rings is 1. The van der Waals surface area contributed by atoms with Crippen molar-refractivity contribution in [2.75, 3.05) is 0 Å². The third-order valence-corrected chi connectivity index (χ3v) is 9.41. The van der Waals surface area contributed by atoms with Crippen LogP contribution in [0.15, 0.2) is 124 Å². The highest BCUT2D eigenvalue weighted by atomic mass is 16.3. The van der Waals surface area contributed by atoms with Crippen LogP contribution in [0.3, 0.4) is 0 Å². The number of imidazole rings is 1. The van der Waals surface area contributed by atoms with Crippen LogP contribution in [0.1, 0.15) is 50.7 Å². The van der Waals surface area contributed by atoms with Gasteiger partial charge in [0.25, 0.3) is 0 Å². The van der Waals surface area contributed by atoms with E-state index in [2.05, 4.69) is 129 Å². The van der Waals surface area contributed by atoms with Crippen molar-refractivity contribution in [3.63, 3.8) is 0 Å². The molecule has 5 heteroatoms. The van der Waals surface area contributed by atoms with Crippen LogP contribution in [0.5, 0.6) is 0 Å². The number of para-hydroxylation sites is 6. The molecule has 4 heterocycles. The molecule has 9 aromatic rings. The number of furan rings is 2. The van der Waals surface area contributed by atoms with Gasteiger partial charge in [-0.1, -0.05) is 100 Å². The number of benzene rings is 5. The number of hydrogen-bond donors (Lipinski definition) is 0. The Hall–Kier alpha value is -5.68. The number of aromatic nitrogens is 3. The van der Waals surface area contributed by atoms with E-state index in [1.807, 2.05) is 18.2 Å². The summed E-state index contributed by atoms with van der Waals surface area (Å²) in [5.41, 5.74) is 11.6. The molecule has 0 saturated carbocycles. The van der Waals surface area contributed by atoms with Crippen molar-refractivity contribution in [3.05, 3.63) is 126 Å². The number of fused-ring (bicyclic) bond motifs is 7. The summed E-state index contributed by atoms with van der Waals surface area (Å²) in [6.07, 6.45) is 0. The van der Waals surface area contributed by atoms with Crippen molar-refractivity contribution in [2.24, 2.45) is 0 Å². The Morgan fingerprint density at radius 1 is 0.532 bits per heavy atom. The summed E-state index contributed by atoms with van der Waals surface area (Å²) in [6.45, 7) is 9.04. The lowest BCUT2D eigenvalue weighted by atomic mass is 9.92. The highest BCUT2D eigenvalue weighted by Crippen LogP contribution is 2.42. The van der Waals surface area contributed by atoms with Crippen molar-refractivity contribution in [2.45, 2.75) is 39.5 Å². The fraction of sp³-hybridized carbons (Fsp3) is 0.143. The first kappa shape index (κ1) is 27.6. The van der Waals surface area contributed by atoms with Crippen LogP contribution in [-0.2, 0) is 0 Å². The predicted octanol–water partition coefficient (Wildman–Crippen LogP) is 11.8. The molecule has 0 saturated heterocycles. The molecular formula is C42H33N3O2. The second kappa shape index (κ2) is 10.4. The van der Waals surface area contributed by atoms with Gasteiger partial charge in [-0.3, -0.25) is 4.57 Å². The average molecular weight is 612 g/mol. The first-order valence-electron chi connectivity index (χ1n) is 16.3. The molecule has 5 aromatic carbocycles. The van der Waals surface area contributed by atoms with Gasteiger partial charge in [0.05, 0.1) is 28.0 Å². The summed E-state index contributed by atoms with van der Waals surface area (Å²) >= 11 is 0. The largest absolute Gasteiger partial charge is 0.455 e. The van der Waals surface area contributed by atoms with Gasteiger partial charge in [-0.15, -0.1) is 0 Å². The third-order valence-electron chi connectivity index (χ3n) is 9.41. The van der Waals surface area contributed by atoms with E-state index in [-0.39, 0.29) is 0 Å². The molecule has 0 fully saturated rings. The summed E-state index contributed by atoms with van der Waals surface area (Å²) < 4.78 is 15.4.